The number of non-ortho nitro benzene ring substituents is 1. The second kappa shape index (κ2) is 5.33. The molecule has 0 heterocycles. The quantitative estimate of drug-likeness (QED) is 0.642. The number of aliphatic hydroxyl groups excluding tert-OH is 1. The lowest BCUT2D eigenvalue weighted by Gasteiger charge is -2.23. The van der Waals surface area contributed by atoms with Gasteiger partial charge in [0.2, 0.25) is 0 Å². The molecule has 1 aliphatic rings. The highest BCUT2D eigenvalue weighted by atomic mass is 16.6. The zero-order valence-corrected chi connectivity index (χ0v) is 12.1. The van der Waals surface area contributed by atoms with Gasteiger partial charge in [0, 0.05) is 18.6 Å². The van der Waals surface area contributed by atoms with E-state index in [1.807, 2.05) is 0 Å². The highest BCUT2D eigenvalue weighted by molar-refractivity contribution is 5.69. The maximum Gasteiger partial charge on any atom is 0.408 e. The van der Waals surface area contributed by atoms with Crippen molar-refractivity contribution in [1.82, 2.24) is 5.32 Å². The van der Waals surface area contributed by atoms with Crippen molar-refractivity contribution in [1.29, 1.82) is 0 Å². The highest BCUT2D eigenvalue weighted by Crippen LogP contribution is 2.34. The Morgan fingerprint density at radius 1 is 1.48 bits per heavy atom. The first-order chi connectivity index (χ1) is 9.67. The largest absolute Gasteiger partial charge is 0.444 e. The zero-order valence-electron chi connectivity index (χ0n) is 12.1. The summed E-state index contributed by atoms with van der Waals surface area (Å²) in [6, 6.07) is 3.68. The SMILES string of the molecule is CC(C)(C)OC(=O)N[C@H]1c2cc([N+](=O)[O-])ccc2C[C@@H]1O. The van der Waals surface area contributed by atoms with Crippen LogP contribution in [0.15, 0.2) is 18.2 Å². The average molecular weight is 294 g/mol. The number of rotatable bonds is 2. The number of alkyl carbamates (subject to hydrolysis) is 1. The van der Waals surface area contributed by atoms with Gasteiger partial charge in [-0.3, -0.25) is 10.1 Å². The predicted molar refractivity (Wildman–Crippen MR) is 74.9 cm³/mol. The Kier molecular flexibility index (Phi) is 3.87. The van der Waals surface area contributed by atoms with Gasteiger partial charge in [-0.2, -0.15) is 0 Å². The van der Waals surface area contributed by atoms with Crippen molar-refractivity contribution in [2.45, 2.75) is 44.9 Å². The fraction of sp³-hybridized carbons (Fsp3) is 0.500. The lowest BCUT2D eigenvalue weighted by molar-refractivity contribution is -0.384. The first-order valence-corrected chi connectivity index (χ1v) is 6.62. The minimum absolute atomic E-state index is 0.0705. The summed E-state index contributed by atoms with van der Waals surface area (Å²) in [5, 5.41) is 23.5. The molecular weight excluding hydrogens is 276 g/mol. The second-order valence-electron chi connectivity index (χ2n) is 6.04. The summed E-state index contributed by atoms with van der Waals surface area (Å²) in [5.74, 6) is 0. The van der Waals surface area contributed by atoms with Gasteiger partial charge < -0.3 is 15.2 Å². The summed E-state index contributed by atoms with van der Waals surface area (Å²) < 4.78 is 5.15. The van der Waals surface area contributed by atoms with Crippen molar-refractivity contribution < 1.29 is 19.6 Å². The maximum atomic E-state index is 11.8. The van der Waals surface area contributed by atoms with E-state index in [9.17, 15) is 20.0 Å². The topological polar surface area (TPSA) is 102 Å². The van der Waals surface area contributed by atoms with Crippen molar-refractivity contribution in [2.75, 3.05) is 0 Å². The van der Waals surface area contributed by atoms with Crippen molar-refractivity contribution in [2.24, 2.45) is 0 Å². The standard InChI is InChI=1S/C14H18N2O5/c1-14(2,3)21-13(18)15-12-10-7-9(16(19)20)5-4-8(10)6-11(12)17/h4-5,7,11-12,17H,6H2,1-3H3,(H,15,18)/t11-,12-/m0/s1. The molecule has 7 heteroatoms. The van der Waals surface area contributed by atoms with Gasteiger partial charge in [-0.05, 0) is 31.9 Å². The molecule has 7 nitrogen and oxygen atoms in total. The Hall–Kier alpha value is -2.15. The van der Waals surface area contributed by atoms with Crippen LogP contribution < -0.4 is 5.32 Å². The Bertz CT molecular complexity index is 579. The number of nitrogens with one attached hydrogen (secondary N) is 1. The molecule has 0 radical (unpaired) electrons. The first-order valence-electron chi connectivity index (χ1n) is 6.62. The van der Waals surface area contributed by atoms with Crippen molar-refractivity contribution in [3.8, 4) is 0 Å². The number of amides is 1. The molecule has 2 atom stereocenters. The van der Waals surface area contributed by atoms with E-state index in [4.69, 9.17) is 4.74 Å². The number of hydrogen-bond acceptors (Lipinski definition) is 5. The summed E-state index contributed by atoms with van der Waals surface area (Å²) in [5.41, 5.74) is 0.620. The molecule has 0 saturated heterocycles. The van der Waals surface area contributed by atoms with E-state index in [1.165, 1.54) is 12.1 Å². The molecule has 1 aliphatic carbocycles. The van der Waals surface area contributed by atoms with Gasteiger partial charge in [-0.1, -0.05) is 6.07 Å². The van der Waals surface area contributed by atoms with Gasteiger partial charge in [0.15, 0.2) is 0 Å². The number of nitro benzene ring substituents is 1. The normalized spacial score (nSPS) is 20.8. The molecule has 1 aromatic carbocycles. The van der Waals surface area contributed by atoms with Crippen LogP contribution in [0, 0.1) is 10.1 Å². The van der Waals surface area contributed by atoms with E-state index in [0.717, 1.165) is 5.56 Å². The summed E-state index contributed by atoms with van der Waals surface area (Å²) in [6.07, 6.45) is -1.14. The number of aliphatic hydroxyl groups is 1. The van der Waals surface area contributed by atoms with E-state index in [0.29, 0.717) is 12.0 Å². The number of carbonyl (C=O) groups is 1. The van der Waals surface area contributed by atoms with E-state index in [1.54, 1.807) is 26.8 Å². The lowest BCUT2D eigenvalue weighted by Crippen LogP contribution is -2.38. The van der Waals surface area contributed by atoms with Crippen LogP contribution in [0.2, 0.25) is 0 Å². The molecule has 1 aromatic rings. The summed E-state index contributed by atoms with van der Waals surface area (Å²) in [4.78, 5) is 22.1. The van der Waals surface area contributed by atoms with Crippen LogP contribution >= 0.6 is 0 Å². The molecule has 0 spiro atoms. The van der Waals surface area contributed by atoms with E-state index in [2.05, 4.69) is 5.32 Å². The number of fused-ring (bicyclic) bond motifs is 1. The monoisotopic (exact) mass is 294 g/mol. The fourth-order valence-corrected chi connectivity index (χ4v) is 2.33. The first kappa shape index (κ1) is 15.2. The molecule has 0 fully saturated rings. The lowest BCUT2D eigenvalue weighted by atomic mass is 10.1. The molecule has 21 heavy (non-hydrogen) atoms. The van der Waals surface area contributed by atoms with Crippen molar-refractivity contribution in [3.05, 3.63) is 39.4 Å². The van der Waals surface area contributed by atoms with Gasteiger partial charge in [0.05, 0.1) is 17.1 Å². The van der Waals surface area contributed by atoms with Crippen LogP contribution in [0.1, 0.15) is 37.9 Å². The third-order valence-corrected chi connectivity index (χ3v) is 3.16. The van der Waals surface area contributed by atoms with Gasteiger partial charge in [-0.15, -0.1) is 0 Å². The smallest absolute Gasteiger partial charge is 0.408 e. The van der Waals surface area contributed by atoms with Crippen LogP contribution in [0.5, 0.6) is 0 Å². The molecule has 1 amide bonds. The van der Waals surface area contributed by atoms with Crippen LogP contribution in [-0.4, -0.2) is 27.8 Å². The fourth-order valence-electron chi connectivity index (χ4n) is 2.33. The molecule has 2 N–H and O–H groups in total. The number of nitro groups is 1. The van der Waals surface area contributed by atoms with Gasteiger partial charge in [0.1, 0.15) is 5.60 Å². The maximum absolute atomic E-state index is 11.8. The molecule has 114 valence electrons. The molecule has 0 aliphatic heterocycles. The number of carbonyl (C=O) groups excluding carboxylic acids is 1. The number of hydrogen-bond donors (Lipinski definition) is 2. The van der Waals surface area contributed by atoms with E-state index in [-0.39, 0.29) is 5.69 Å². The van der Waals surface area contributed by atoms with Crippen molar-refractivity contribution >= 4 is 11.8 Å². The van der Waals surface area contributed by atoms with Crippen LogP contribution in [-0.2, 0) is 11.2 Å². The minimum Gasteiger partial charge on any atom is -0.444 e. The van der Waals surface area contributed by atoms with E-state index >= 15 is 0 Å². The molecule has 0 saturated carbocycles. The van der Waals surface area contributed by atoms with Crippen LogP contribution in [0.3, 0.4) is 0 Å². The Morgan fingerprint density at radius 2 is 2.14 bits per heavy atom. The average Bonchev–Trinajstić information content (AvgIpc) is 2.63. The summed E-state index contributed by atoms with van der Waals surface area (Å²) in [6.45, 7) is 5.20. The number of ether oxygens (including phenoxy) is 1. The molecule has 0 unspecified atom stereocenters. The van der Waals surface area contributed by atoms with Crippen molar-refractivity contribution in [3.63, 3.8) is 0 Å². The second-order valence-corrected chi connectivity index (χ2v) is 6.04. The zero-order chi connectivity index (χ0) is 15.8. The number of benzene rings is 1. The van der Waals surface area contributed by atoms with E-state index < -0.39 is 28.8 Å². The van der Waals surface area contributed by atoms with Gasteiger partial charge in [-0.25, -0.2) is 4.79 Å². The predicted octanol–water partition coefficient (Wildman–Crippen LogP) is 2.08. The molecule has 2 rings (SSSR count). The Balaban J connectivity index is 2.21. The van der Waals surface area contributed by atoms with Gasteiger partial charge >= 0.3 is 6.09 Å². The Labute approximate surface area is 122 Å². The summed E-state index contributed by atoms with van der Waals surface area (Å²) >= 11 is 0. The molecule has 0 bridgehead atoms. The summed E-state index contributed by atoms with van der Waals surface area (Å²) in [7, 11) is 0. The highest BCUT2D eigenvalue weighted by Gasteiger charge is 2.34. The molecular formula is C14H18N2O5. The molecule has 0 aromatic heterocycles. The van der Waals surface area contributed by atoms with Gasteiger partial charge in [0.25, 0.3) is 5.69 Å². The van der Waals surface area contributed by atoms with Crippen LogP contribution in [0.25, 0.3) is 0 Å². The Morgan fingerprint density at radius 3 is 2.71 bits per heavy atom. The third-order valence-electron chi connectivity index (χ3n) is 3.16. The van der Waals surface area contributed by atoms with Crippen LogP contribution in [0.4, 0.5) is 10.5 Å². The third kappa shape index (κ3) is 3.49. The minimum atomic E-state index is -0.825. The number of nitrogens with zero attached hydrogens (tertiary/aromatic N) is 1.